The highest BCUT2D eigenvalue weighted by Gasteiger charge is 2.36. The SMILES string of the molecule is CCNc1cc(C(=O)N2CCC3CCC(C2)N3C)ccn1. The number of likely N-dealkylation sites (N-methyl/N-ethyl adjacent to an activating group) is 1. The van der Waals surface area contributed by atoms with Gasteiger partial charge in [0, 0.05) is 43.5 Å². The fraction of sp³-hybridized carbons (Fsp3) is 0.625. The molecule has 5 heteroatoms. The van der Waals surface area contributed by atoms with Gasteiger partial charge in [-0.15, -0.1) is 0 Å². The second kappa shape index (κ2) is 6.02. The van der Waals surface area contributed by atoms with Crippen molar-refractivity contribution >= 4 is 11.7 Å². The normalized spacial score (nSPS) is 25.7. The van der Waals surface area contributed by atoms with E-state index in [4.69, 9.17) is 0 Å². The van der Waals surface area contributed by atoms with E-state index in [1.165, 1.54) is 12.8 Å². The summed E-state index contributed by atoms with van der Waals surface area (Å²) in [6.45, 7) is 4.55. The maximum absolute atomic E-state index is 12.7. The van der Waals surface area contributed by atoms with Gasteiger partial charge in [-0.3, -0.25) is 9.69 Å². The number of carbonyl (C=O) groups is 1. The molecular formula is C16H24N4O. The summed E-state index contributed by atoms with van der Waals surface area (Å²) < 4.78 is 0. The number of rotatable bonds is 3. The lowest BCUT2D eigenvalue weighted by molar-refractivity contribution is 0.0740. The molecule has 2 aliphatic rings. The largest absolute Gasteiger partial charge is 0.370 e. The second-order valence-electron chi connectivity index (χ2n) is 6.05. The van der Waals surface area contributed by atoms with Crippen LogP contribution in [0.5, 0.6) is 0 Å². The number of hydrogen-bond donors (Lipinski definition) is 1. The lowest BCUT2D eigenvalue weighted by Gasteiger charge is -2.26. The minimum Gasteiger partial charge on any atom is -0.370 e. The van der Waals surface area contributed by atoms with Gasteiger partial charge >= 0.3 is 0 Å². The van der Waals surface area contributed by atoms with Crippen LogP contribution in [0.2, 0.25) is 0 Å². The van der Waals surface area contributed by atoms with E-state index in [2.05, 4.69) is 22.2 Å². The first-order valence-electron chi connectivity index (χ1n) is 7.90. The molecule has 3 rings (SSSR count). The molecule has 0 aromatic carbocycles. The third-order valence-corrected chi connectivity index (χ3v) is 4.80. The molecule has 21 heavy (non-hydrogen) atoms. The Balaban J connectivity index is 1.74. The molecule has 2 fully saturated rings. The van der Waals surface area contributed by atoms with E-state index < -0.39 is 0 Å². The van der Waals surface area contributed by atoms with E-state index in [0.29, 0.717) is 12.1 Å². The first-order valence-corrected chi connectivity index (χ1v) is 7.90. The molecule has 2 atom stereocenters. The number of fused-ring (bicyclic) bond motifs is 2. The van der Waals surface area contributed by atoms with E-state index in [1.54, 1.807) is 6.20 Å². The molecule has 1 aromatic heterocycles. The first-order chi connectivity index (χ1) is 10.2. The summed E-state index contributed by atoms with van der Waals surface area (Å²) in [5, 5.41) is 3.16. The molecule has 114 valence electrons. The van der Waals surface area contributed by atoms with E-state index in [-0.39, 0.29) is 5.91 Å². The van der Waals surface area contributed by atoms with Crippen LogP contribution in [0.3, 0.4) is 0 Å². The molecule has 0 saturated carbocycles. The van der Waals surface area contributed by atoms with Gasteiger partial charge in [0.1, 0.15) is 5.82 Å². The van der Waals surface area contributed by atoms with Crippen molar-refractivity contribution in [3.8, 4) is 0 Å². The molecule has 0 spiro atoms. The maximum atomic E-state index is 12.7. The zero-order valence-electron chi connectivity index (χ0n) is 12.9. The molecule has 2 bridgehead atoms. The van der Waals surface area contributed by atoms with Gasteiger partial charge in [-0.1, -0.05) is 0 Å². The van der Waals surface area contributed by atoms with Crippen LogP contribution in [0.25, 0.3) is 0 Å². The van der Waals surface area contributed by atoms with Crippen LogP contribution in [0.1, 0.15) is 36.5 Å². The summed E-state index contributed by atoms with van der Waals surface area (Å²) in [4.78, 5) is 21.5. The van der Waals surface area contributed by atoms with Crippen LogP contribution in [0.15, 0.2) is 18.3 Å². The summed E-state index contributed by atoms with van der Waals surface area (Å²) in [5.74, 6) is 0.911. The van der Waals surface area contributed by atoms with Crippen LogP contribution in [0, 0.1) is 0 Å². The Kier molecular flexibility index (Phi) is 4.10. The van der Waals surface area contributed by atoms with E-state index in [9.17, 15) is 4.79 Å². The molecule has 2 aliphatic heterocycles. The zero-order chi connectivity index (χ0) is 14.8. The van der Waals surface area contributed by atoms with Crippen LogP contribution in [-0.4, -0.2) is 59.5 Å². The summed E-state index contributed by atoms with van der Waals surface area (Å²) in [6, 6.07) is 4.86. The van der Waals surface area contributed by atoms with Gasteiger partial charge in [-0.2, -0.15) is 0 Å². The Hall–Kier alpha value is -1.62. The van der Waals surface area contributed by atoms with Crippen molar-refractivity contribution < 1.29 is 4.79 Å². The Morgan fingerprint density at radius 2 is 2.19 bits per heavy atom. The third-order valence-electron chi connectivity index (χ3n) is 4.80. The zero-order valence-corrected chi connectivity index (χ0v) is 12.9. The minimum absolute atomic E-state index is 0.137. The van der Waals surface area contributed by atoms with Gasteiger partial charge in [0.05, 0.1) is 0 Å². The number of nitrogens with zero attached hydrogens (tertiary/aromatic N) is 3. The molecule has 2 unspecified atom stereocenters. The van der Waals surface area contributed by atoms with Gasteiger partial charge < -0.3 is 10.2 Å². The van der Waals surface area contributed by atoms with E-state index in [0.717, 1.165) is 37.4 Å². The monoisotopic (exact) mass is 288 g/mol. The fourth-order valence-electron chi connectivity index (χ4n) is 3.52. The molecule has 0 radical (unpaired) electrons. The van der Waals surface area contributed by atoms with Gasteiger partial charge in [0.2, 0.25) is 0 Å². The number of carbonyl (C=O) groups excluding carboxylic acids is 1. The van der Waals surface area contributed by atoms with Crippen LogP contribution < -0.4 is 5.32 Å². The summed E-state index contributed by atoms with van der Waals surface area (Å²) >= 11 is 0. The molecule has 2 saturated heterocycles. The lowest BCUT2D eigenvalue weighted by atomic mass is 10.1. The number of aromatic nitrogens is 1. The predicted molar refractivity (Wildman–Crippen MR) is 83.5 cm³/mol. The molecule has 1 aromatic rings. The highest BCUT2D eigenvalue weighted by Crippen LogP contribution is 2.29. The quantitative estimate of drug-likeness (QED) is 0.922. The maximum Gasteiger partial charge on any atom is 0.254 e. The minimum atomic E-state index is 0.137. The van der Waals surface area contributed by atoms with E-state index in [1.807, 2.05) is 24.0 Å². The number of nitrogens with one attached hydrogen (secondary N) is 1. The van der Waals surface area contributed by atoms with Crippen molar-refractivity contribution in [3.05, 3.63) is 23.9 Å². The number of amides is 1. The molecule has 5 nitrogen and oxygen atoms in total. The summed E-state index contributed by atoms with van der Waals surface area (Å²) in [5.41, 5.74) is 0.737. The number of anilines is 1. The van der Waals surface area contributed by atoms with Crippen molar-refractivity contribution in [1.29, 1.82) is 0 Å². The molecule has 3 heterocycles. The van der Waals surface area contributed by atoms with Crippen molar-refractivity contribution in [2.45, 2.75) is 38.3 Å². The third kappa shape index (κ3) is 2.88. The van der Waals surface area contributed by atoms with Crippen LogP contribution in [0.4, 0.5) is 5.82 Å². The Morgan fingerprint density at radius 3 is 3.00 bits per heavy atom. The second-order valence-corrected chi connectivity index (χ2v) is 6.05. The number of likely N-dealkylation sites (tertiary alicyclic amines) is 1. The smallest absolute Gasteiger partial charge is 0.254 e. The van der Waals surface area contributed by atoms with Crippen molar-refractivity contribution in [2.75, 3.05) is 32.0 Å². The van der Waals surface area contributed by atoms with Crippen molar-refractivity contribution in [1.82, 2.24) is 14.8 Å². The van der Waals surface area contributed by atoms with Gasteiger partial charge in [-0.05, 0) is 45.4 Å². The Bertz CT molecular complexity index is 519. The highest BCUT2D eigenvalue weighted by atomic mass is 16.2. The lowest BCUT2D eigenvalue weighted by Crippen LogP contribution is -2.39. The van der Waals surface area contributed by atoms with Gasteiger partial charge in [-0.25, -0.2) is 4.98 Å². The highest BCUT2D eigenvalue weighted by molar-refractivity contribution is 5.94. The van der Waals surface area contributed by atoms with Gasteiger partial charge in [0.25, 0.3) is 5.91 Å². The van der Waals surface area contributed by atoms with Crippen LogP contribution >= 0.6 is 0 Å². The summed E-state index contributed by atoms with van der Waals surface area (Å²) in [6.07, 6.45) is 5.29. The standard InChI is InChI=1S/C16H24N4O/c1-3-17-15-10-12(6-8-18-15)16(21)20-9-7-13-4-5-14(11-20)19(13)2/h6,8,10,13-14H,3-5,7,9,11H2,1-2H3,(H,17,18). The topological polar surface area (TPSA) is 48.5 Å². The fourth-order valence-corrected chi connectivity index (χ4v) is 3.52. The van der Waals surface area contributed by atoms with Crippen LogP contribution in [-0.2, 0) is 0 Å². The predicted octanol–water partition coefficient (Wildman–Crippen LogP) is 1.82. The van der Waals surface area contributed by atoms with Crippen molar-refractivity contribution in [3.63, 3.8) is 0 Å². The molecule has 1 amide bonds. The Morgan fingerprint density at radius 1 is 1.38 bits per heavy atom. The number of pyridine rings is 1. The molecule has 1 N–H and O–H groups in total. The van der Waals surface area contributed by atoms with E-state index >= 15 is 0 Å². The number of hydrogen-bond acceptors (Lipinski definition) is 4. The Labute approximate surface area is 126 Å². The van der Waals surface area contributed by atoms with Gasteiger partial charge in [0.15, 0.2) is 0 Å². The summed E-state index contributed by atoms with van der Waals surface area (Å²) in [7, 11) is 2.20. The first kappa shape index (κ1) is 14.3. The van der Waals surface area contributed by atoms with Crippen molar-refractivity contribution in [2.24, 2.45) is 0 Å². The average molecular weight is 288 g/mol. The molecule has 0 aliphatic carbocycles. The average Bonchev–Trinajstić information content (AvgIpc) is 2.72. The molecular weight excluding hydrogens is 264 g/mol.